The SMILES string of the molecule is CCCCCCCCCCCCSC(N)CC. The van der Waals surface area contributed by atoms with E-state index in [9.17, 15) is 0 Å². The van der Waals surface area contributed by atoms with Crippen LogP contribution in [0.3, 0.4) is 0 Å². The molecule has 1 atom stereocenters. The molecule has 0 aliphatic carbocycles. The molecule has 0 rings (SSSR count). The van der Waals surface area contributed by atoms with Crippen LogP contribution < -0.4 is 5.73 Å². The lowest BCUT2D eigenvalue weighted by Crippen LogP contribution is -2.13. The fraction of sp³-hybridized carbons (Fsp3) is 1.00. The minimum atomic E-state index is 0.369. The van der Waals surface area contributed by atoms with Crippen molar-refractivity contribution in [1.29, 1.82) is 0 Å². The third-order valence-corrected chi connectivity index (χ3v) is 4.52. The van der Waals surface area contributed by atoms with Crippen LogP contribution in [0.1, 0.15) is 84.5 Å². The molecule has 2 heteroatoms. The van der Waals surface area contributed by atoms with Crippen molar-refractivity contribution in [3.8, 4) is 0 Å². The molecule has 17 heavy (non-hydrogen) atoms. The van der Waals surface area contributed by atoms with Crippen LogP contribution in [0.15, 0.2) is 0 Å². The highest BCUT2D eigenvalue weighted by Crippen LogP contribution is 2.14. The molecule has 0 aliphatic heterocycles. The Morgan fingerprint density at radius 3 is 1.71 bits per heavy atom. The summed E-state index contributed by atoms with van der Waals surface area (Å²) < 4.78 is 0. The second kappa shape index (κ2) is 14.4. The standard InChI is InChI=1S/C15H33NS/c1-3-5-6-7-8-9-10-11-12-13-14-17-15(16)4-2/h15H,3-14,16H2,1-2H3. The first-order valence-electron chi connectivity index (χ1n) is 7.68. The van der Waals surface area contributed by atoms with Crippen molar-refractivity contribution in [3.63, 3.8) is 0 Å². The highest BCUT2D eigenvalue weighted by molar-refractivity contribution is 7.99. The lowest BCUT2D eigenvalue weighted by molar-refractivity contribution is 0.563. The summed E-state index contributed by atoms with van der Waals surface area (Å²) in [5.41, 5.74) is 5.86. The highest BCUT2D eigenvalue weighted by atomic mass is 32.2. The van der Waals surface area contributed by atoms with Crippen LogP contribution in [0.2, 0.25) is 0 Å². The molecule has 0 aliphatic rings. The van der Waals surface area contributed by atoms with Gasteiger partial charge in [-0.1, -0.05) is 71.6 Å². The number of nitrogens with two attached hydrogens (primary N) is 1. The van der Waals surface area contributed by atoms with Gasteiger partial charge in [0.05, 0.1) is 5.37 Å². The summed E-state index contributed by atoms with van der Waals surface area (Å²) in [6.45, 7) is 4.44. The Bertz CT molecular complexity index is 139. The van der Waals surface area contributed by atoms with Crippen LogP contribution in [0.4, 0.5) is 0 Å². The van der Waals surface area contributed by atoms with Crippen LogP contribution >= 0.6 is 11.8 Å². The Balaban J connectivity index is 2.94. The zero-order chi connectivity index (χ0) is 12.8. The molecule has 1 nitrogen and oxygen atoms in total. The maximum atomic E-state index is 5.86. The molecule has 0 radical (unpaired) electrons. The Hall–Kier alpha value is 0.310. The minimum absolute atomic E-state index is 0.369. The first-order valence-corrected chi connectivity index (χ1v) is 8.73. The second-order valence-corrected chi connectivity index (χ2v) is 6.35. The topological polar surface area (TPSA) is 26.0 Å². The average molecular weight is 260 g/mol. The molecule has 0 spiro atoms. The number of hydrogen-bond donors (Lipinski definition) is 1. The van der Waals surface area contributed by atoms with Gasteiger partial charge in [0.25, 0.3) is 0 Å². The van der Waals surface area contributed by atoms with E-state index in [0.29, 0.717) is 5.37 Å². The zero-order valence-corrected chi connectivity index (χ0v) is 12.9. The smallest absolute Gasteiger partial charge is 0.0504 e. The van der Waals surface area contributed by atoms with E-state index in [-0.39, 0.29) is 0 Å². The van der Waals surface area contributed by atoms with Gasteiger partial charge in [-0.15, -0.1) is 11.8 Å². The lowest BCUT2D eigenvalue weighted by Gasteiger charge is -2.07. The van der Waals surface area contributed by atoms with Crippen molar-refractivity contribution in [2.24, 2.45) is 5.73 Å². The van der Waals surface area contributed by atoms with E-state index >= 15 is 0 Å². The Morgan fingerprint density at radius 1 is 0.765 bits per heavy atom. The van der Waals surface area contributed by atoms with E-state index in [1.165, 1.54) is 70.0 Å². The molecule has 0 amide bonds. The summed E-state index contributed by atoms with van der Waals surface area (Å²) in [5, 5.41) is 0.369. The summed E-state index contributed by atoms with van der Waals surface area (Å²) in [6.07, 6.45) is 15.3. The minimum Gasteiger partial charge on any atom is -0.319 e. The van der Waals surface area contributed by atoms with Crippen molar-refractivity contribution >= 4 is 11.8 Å². The molecule has 0 saturated heterocycles. The first-order chi connectivity index (χ1) is 8.31. The van der Waals surface area contributed by atoms with Gasteiger partial charge in [0, 0.05) is 0 Å². The van der Waals surface area contributed by atoms with Crippen molar-refractivity contribution < 1.29 is 0 Å². The maximum Gasteiger partial charge on any atom is 0.0504 e. The van der Waals surface area contributed by atoms with Crippen molar-refractivity contribution in [2.45, 2.75) is 89.9 Å². The molecule has 0 bridgehead atoms. The molecule has 0 fully saturated rings. The van der Waals surface area contributed by atoms with E-state index in [0.717, 1.165) is 6.42 Å². The molecule has 1 unspecified atom stereocenters. The molecule has 0 aromatic carbocycles. The molecule has 0 heterocycles. The second-order valence-electron chi connectivity index (χ2n) is 5.00. The summed E-state index contributed by atoms with van der Waals surface area (Å²) in [5.74, 6) is 1.26. The number of rotatable bonds is 13. The van der Waals surface area contributed by atoms with E-state index in [1.807, 2.05) is 11.8 Å². The van der Waals surface area contributed by atoms with Gasteiger partial charge < -0.3 is 5.73 Å². The third kappa shape index (κ3) is 14.2. The number of hydrogen-bond acceptors (Lipinski definition) is 2. The third-order valence-electron chi connectivity index (χ3n) is 3.23. The van der Waals surface area contributed by atoms with E-state index in [2.05, 4.69) is 13.8 Å². The van der Waals surface area contributed by atoms with Gasteiger partial charge in [-0.05, 0) is 18.6 Å². The summed E-state index contributed by atoms with van der Waals surface area (Å²) in [6, 6.07) is 0. The van der Waals surface area contributed by atoms with Gasteiger partial charge in [0.15, 0.2) is 0 Å². The van der Waals surface area contributed by atoms with Crippen LogP contribution in [0.5, 0.6) is 0 Å². The van der Waals surface area contributed by atoms with E-state index < -0.39 is 0 Å². The fourth-order valence-electron chi connectivity index (χ4n) is 1.94. The summed E-state index contributed by atoms with van der Waals surface area (Å²) >= 11 is 1.93. The van der Waals surface area contributed by atoms with Crippen LogP contribution in [0.25, 0.3) is 0 Å². The van der Waals surface area contributed by atoms with Gasteiger partial charge in [0.1, 0.15) is 0 Å². The molecular formula is C15H33NS. The normalized spacial score (nSPS) is 12.9. The van der Waals surface area contributed by atoms with Crippen molar-refractivity contribution in [1.82, 2.24) is 0 Å². The Kier molecular flexibility index (Phi) is 14.6. The lowest BCUT2D eigenvalue weighted by atomic mass is 10.1. The predicted octanol–water partition coefficient (Wildman–Crippen LogP) is 5.34. The van der Waals surface area contributed by atoms with Gasteiger partial charge in [-0.25, -0.2) is 0 Å². The summed E-state index contributed by atoms with van der Waals surface area (Å²) in [7, 11) is 0. The van der Waals surface area contributed by atoms with Crippen LogP contribution in [0, 0.1) is 0 Å². The zero-order valence-electron chi connectivity index (χ0n) is 12.0. The Morgan fingerprint density at radius 2 is 1.24 bits per heavy atom. The summed E-state index contributed by atoms with van der Waals surface area (Å²) in [4.78, 5) is 0. The van der Waals surface area contributed by atoms with Crippen molar-refractivity contribution in [3.05, 3.63) is 0 Å². The molecule has 0 aromatic heterocycles. The average Bonchev–Trinajstić information content (AvgIpc) is 2.35. The Labute approximate surface area is 113 Å². The maximum absolute atomic E-state index is 5.86. The van der Waals surface area contributed by atoms with Crippen molar-refractivity contribution in [2.75, 3.05) is 5.75 Å². The molecule has 0 aromatic rings. The van der Waals surface area contributed by atoms with Gasteiger partial charge in [-0.3, -0.25) is 0 Å². The van der Waals surface area contributed by atoms with Gasteiger partial charge in [-0.2, -0.15) is 0 Å². The van der Waals surface area contributed by atoms with E-state index in [1.54, 1.807) is 0 Å². The fourth-order valence-corrected chi connectivity index (χ4v) is 2.85. The predicted molar refractivity (Wildman–Crippen MR) is 82.6 cm³/mol. The van der Waals surface area contributed by atoms with Gasteiger partial charge >= 0.3 is 0 Å². The molecule has 104 valence electrons. The monoisotopic (exact) mass is 259 g/mol. The van der Waals surface area contributed by atoms with Crippen LogP contribution in [-0.4, -0.2) is 11.1 Å². The quantitative estimate of drug-likeness (QED) is 0.357. The highest BCUT2D eigenvalue weighted by Gasteiger charge is 1.98. The first kappa shape index (κ1) is 17.3. The van der Waals surface area contributed by atoms with Crippen LogP contribution in [-0.2, 0) is 0 Å². The molecule has 2 N–H and O–H groups in total. The van der Waals surface area contributed by atoms with Gasteiger partial charge in [0.2, 0.25) is 0 Å². The molecule has 0 saturated carbocycles. The molecular weight excluding hydrogens is 226 g/mol. The number of thioether (sulfide) groups is 1. The van der Waals surface area contributed by atoms with E-state index in [4.69, 9.17) is 5.73 Å². The number of unbranched alkanes of at least 4 members (excludes halogenated alkanes) is 9. The largest absolute Gasteiger partial charge is 0.319 e.